The second-order valence-corrected chi connectivity index (χ2v) is 4.45. The van der Waals surface area contributed by atoms with Crippen LogP contribution in [0.2, 0.25) is 0 Å². The van der Waals surface area contributed by atoms with Gasteiger partial charge in [0, 0.05) is 0 Å². The van der Waals surface area contributed by atoms with E-state index in [-0.39, 0.29) is 17.9 Å². The number of carbonyl (C=O) groups is 3. The van der Waals surface area contributed by atoms with E-state index in [4.69, 9.17) is 14.6 Å². The number of rotatable bonds is 4. The SMILES string of the molecule is O=C(NOC(=O)Oc1cccc(C(=O)O)c1)OCc1ccccc1. The van der Waals surface area contributed by atoms with Gasteiger partial charge in [-0.2, -0.15) is 0 Å². The molecule has 0 fully saturated rings. The molecule has 0 aliphatic rings. The first-order valence-electron chi connectivity index (χ1n) is 6.73. The molecule has 2 rings (SSSR count). The second kappa shape index (κ2) is 8.18. The topological polar surface area (TPSA) is 111 Å². The molecule has 1 amide bonds. The average molecular weight is 331 g/mol. The molecule has 0 saturated carbocycles. The largest absolute Gasteiger partial charge is 0.539 e. The first-order valence-corrected chi connectivity index (χ1v) is 6.73. The lowest BCUT2D eigenvalue weighted by atomic mass is 10.2. The molecule has 8 heteroatoms. The Morgan fingerprint density at radius 3 is 2.46 bits per heavy atom. The van der Waals surface area contributed by atoms with Gasteiger partial charge in [0.15, 0.2) is 0 Å². The number of hydrogen-bond donors (Lipinski definition) is 2. The van der Waals surface area contributed by atoms with E-state index in [1.165, 1.54) is 18.2 Å². The molecule has 0 aliphatic heterocycles. The zero-order valence-corrected chi connectivity index (χ0v) is 12.3. The van der Waals surface area contributed by atoms with Crippen LogP contribution >= 0.6 is 0 Å². The van der Waals surface area contributed by atoms with Gasteiger partial charge in [-0.3, -0.25) is 0 Å². The summed E-state index contributed by atoms with van der Waals surface area (Å²) in [5.74, 6) is -1.21. The number of ether oxygens (including phenoxy) is 2. The van der Waals surface area contributed by atoms with E-state index >= 15 is 0 Å². The molecule has 2 aromatic rings. The summed E-state index contributed by atoms with van der Waals surface area (Å²) >= 11 is 0. The normalized spacial score (nSPS) is 9.67. The highest BCUT2D eigenvalue weighted by molar-refractivity contribution is 5.88. The third-order valence-electron chi connectivity index (χ3n) is 2.71. The van der Waals surface area contributed by atoms with Crippen LogP contribution in [0.3, 0.4) is 0 Å². The molecule has 2 aromatic carbocycles. The molecule has 0 atom stereocenters. The third kappa shape index (κ3) is 5.34. The van der Waals surface area contributed by atoms with Gasteiger partial charge < -0.3 is 19.4 Å². The Bertz CT molecular complexity index is 730. The van der Waals surface area contributed by atoms with Crippen molar-refractivity contribution in [2.24, 2.45) is 0 Å². The van der Waals surface area contributed by atoms with Crippen molar-refractivity contribution in [1.29, 1.82) is 0 Å². The molecule has 0 spiro atoms. The minimum Gasteiger partial charge on any atom is -0.478 e. The maximum absolute atomic E-state index is 11.4. The number of carbonyl (C=O) groups excluding carboxylic acids is 2. The Labute approximate surface area is 136 Å². The van der Waals surface area contributed by atoms with Crippen molar-refractivity contribution in [1.82, 2.24) is 5.48 Å². The second-order valence-electron chi connectivity index (χ2n) is 4.45. The number of hydroxylamine groups is 1. The van der Waals surface area contributed by atoms with E-state index in [0.717, 1.165) is 11.6 Å². The van der Waals surface area contributed by atoms with E-state index < -0.39 is 18.2 Å². The number of carboxylic acid groups (broad SMARTS) is 1. The Morgan fingerprint density at radius 2 is 1.75 bits per heavy atom. The molecule has 0 aromatic heterocycles. The Balaban J connectivity index is 1.75. The number of benzene rings is 2. The van der Waals surface area contributed by atoms with Crippen molar-refractivity contribution in [2.45, 2.75) is 6.61 Å². The van der Waals surface area contributed by atoms with Gasteiger partial charge in [0.1, 0.15) is 12.4 Å². The van der Waals surface area contributed by atoms with E-state index in [1.54, 1.807) is 29.7 Å². The standard InChI is InChI=1S/C16H13NO7/c18-14(19)12-7-4-8-13(9-12)23-16(21)24-17-15(20)22-10-11-5-2-1-3-6-11/h1-9H,10H2,(H,17,20)(H,18,19). The summed E-state index contributed by atoms with van der Waals surface area (Å²) in [5, 5.41) is 8.83. The summed E-state index contributed by atoms with van der Waals surface area (Å²) in [5.41, 5.74) is 2.46. The van der Waals surface area contributed by atoms with E-state index in [0.29, 0.717) is 0 Å². The molecule has 0 radical (unpaired) electrons. The minimum atomic E-state index is -1.24. The molecular weight excluding hydrogens is 318 g/mol. The number of carboxylic acids is 1. The maximum Gasteiger partial charge on any atom is 0.539 e. The van der Waals surface area contributed by atoms with Gasteiger partial charge in [0.25, 0.3) is 0 Å². The van der Waals surface area contributed by atoms with Crippen LogP contribution in [0.15, 0.2) is 54.6 Å². The highest BCUT2D eigenvalue weighted by atomic mass is 16.8. The first-order chi connectivity index (χ1) is 11.5. The Morgan fingerprint density at radius 1 is 1.00 bits per heavy atom. The fraction of sp³-hybridized carbons (Fsp3) is 0.0625. The number of amides is 1. The van der Waals surface area contributed by atoms with Crippen molar-refractivity contribution in [3.63, 3.8) is 0 Å². The lowest BCUT2D eigenvalue weighted by Gasteiger charge is -2.07. The lowest BCUT2D eigenvalue weighted by molar-refractivity contribution is 0.0362. The van der Waals surface area contributed by atoms with Gasteiger partial charge in [-0.25, -0.2) is 14.4 Å². The summed E-state index contributed by atoms with van der Waals surface area (Å²) in [7, 11) is 0. The zero-order chi connectivity index (χ0) is 17.4. The number of aromatic carboxylic acids is 1. The summed E-state index contributed by atoms with van der Waals surface area (Å²) in [6.07, 6.45) is -2.22. The molecule has 2 N–H and O–H groups in total. The molecule has 0 aliphatic carbocycles. The number of hydrogen-bond acceptors (Lipinski definition) is 6. The Kier molecular flexibility index (Phi) is 5.73. The van der Waals surface area contributed by atoms with Crippen LogP contribution in [-0.4, -0.2) is 23.3 Å². The van der Waals surface area contributed by atoms with Crippen LogP contribution in [0.5, 0.6) is 5.75 Å². The van der Waals surface area contributed by atoms with Gasteiger partial charge >= 0.3 is 18.2 Å². The highest BCUT2D eigenvalue weighted by Gasteiger charge is 2.12. The van der Waals surface area contributed by atoms with Crippen molar-refractivity contribution in [3.05, 3.63) is 65.7 Å². The maximum atomic E-state index is 11.4. The predicted octanol–water partition coefficient (Wildman–Crippen LogP) is 2.74. The third-order valence-corrected chi connectivity index (χ3v) is 2.71. The first kappa shape index (κ1) is 16.8. The van der Waals surface area contributed by atoms with Crippen molar-refractivity contribution in [2.75, 3.05) is 0 Å². The van der Waals surface area contributed by atoms with E-state index in [1.807, 2.05) is 6.07 Å². The summed E-state index contributed by atoms with van der Waals surface area (Å²) in [4.78, 5) is 37.9. The van der Waals surface area contributed by atoms with Crippen LogP contribution < -0.4 is 10.2 Å². The molecule has 24 heavy (non-hydrogen) atoms. The Hall–Kier alpha value is -3.55. The van der Waals surface area contributed by atoms with Gasteiger partial charge in [0.2, 0.25) is 0 Å². The number of nitrogens with one attached hydrogen (secondary N) is 1. The van der Waals surface area contributed by atoms with Crippen LogP contribution in [0.25, 0.3) is 0 Å². The van der Waals surface area contributed by atoms with Crippen molar-refractivity contribution >= 4 is 18.2 Å². The summed E-state index contributed by atoms with van der Waals surface area (Å²) < 4.78 is 9.54. The quantitative estimate of drug-likeness (QED) is 0.503. The molecule has 0 unspecified atom stereocenters. The van der Waals surface area contributed by atoms with Crippen molar-refractivity contribution in [3.8, 4) is 5.75 Å². The average Bonchev–Trinajstić information content (AvgIpc) is 2.59. The van der Waals surface area contributed by atoms with E-state index in [9.17, 15) is 14.4 Å². The smallest absolute Gasteiger partial charge is 0.478 e. The summed E-state index contributed by atoms with van der Waals surface area (Å²) in [6.45, 7) is 0.00569. The van der Waals surface area contributed by atoms with E-state index in [2.05, 4.69) is 4.84 Å². The van der Waals surface area contributed by atoms with Gasteiger partial charge in [0.05, 0.1) is 5.56 Å². The predicted molar refractivity (Wildman–Crippen MR) is 80.3 cm³/mol. The van der Waals surface area contributed by atoms with Gasteiger partial charge in [-0.1, -0.05) is 36.4 Å². The fourth-order valence-electron chi connectivity index (χ4n) is 1.65. The molecule has 8 nitrogen and oxygen atoms in total. The summed E-state index contributed by atoms with van der Waals surface area (Å²) in [6, 6.07) is 14.1. The van der Waals surface area contributed by atoms with Gasteiger partial charge in [-0.05, 0) is 23.8 Å². The molecule has 124 valence electrons. The van der Waals surface area contributed by atoms with Crippen LogP contribution in [0, 0.1) is 0 Å². The molecular formula is C16H13NO7. The monoisotopic (exact) mass is 331 g/mol. The van der Waals surface area contributed by atoms with Crippen LogP contribution in [-0.2, 0) is 16.2 Å². The van der Waals surface area contributed by atoms with Gasteiger partial charge in [-0.15, -0.1) is 5.48 Å². The highest BCUT2D eigenvalue weighted by Crippen LogP contribution is 2.13. The fourth-order valence-corrected chi connectivity index (χ4v) is 1.65. The van der Waals surface area contributed by atoms with Crippen LogP contribution in [0.1, 0.15) is 15.9 Å². The van der Waals surface area contributed by atoms with Crippen LogP contribution in [0.4, 0.5) is 9.59 Å². The molecule has 0 saturated heterocycles. The minimum absolute atomic E-state index is 0.00569. The lowest BCUT2D eigenvalue weighted by Crippen LogP contribution is -2.29. The molecule has 0 heterocycles. The zero-order valence-electron chi connectivity index (χ0n) is 12.3. The van der Waals surface area contributed by atoms with Crippen molar-refractivity contribution < 1.29 is 33.8 Å². The molecule has 0 bridgehead atoms.